The van der Waals surface area contributed by atoms with Crippen molar-refractivity contribution in [2.45, 2.75) is 25.7 Å². The van der Waals surface area contributed by atoms with Crippen LogP contribution in [0.4, 0.5) is 11.4 Å². The molecule has 0 atom stereocenters. The number of amides is 2. The van der Waals surface area contributed by atoms with Crippen molar-refractivity contribution < 1.29 is 32.2 Å². The molecule has 2 amide bonds. The molecular formula is C34H36N4O7S. The van der Waals surface area contributed by atoms with E-state index < -0.39 is 22.5 Å². The first-order valence-electron chi connectivity index (χ1n) is 14.2. The third kappa shape index (κ3) is 8.85. The van der Waals surface area contributed by atoms with Crippen LogP contribution in [0.3, 0.4) is 0 Å². The summed E-state index contributed by atoms with van der Waals surface area (Å²) >= 11 is 0. The molecule has 0 aliphatic carbocycles. The number of carbonyl (C=O) groups is 2. The Bertz CT molecular complexity index is 1800. The highest BCUT2D eigenvalue weighted by Crippen LogP contribution is 2.32. The number of anilines is 2. The van der Waals surface area contributed by atoms with Crippen molar-refractivity contribution in [1.82, 2.24) is 5.43 Å². The zero-order chi connectivity index (χ0) is 33.3. The lowest BCUT2D eigenvalue weighted by atomic mass is 10.1. The van der Waals surface area contributed by atoms with Gasteiger partial charge in [0.05, 0.1) is 31.0 Å². The molecule has 0 aromatic heterocycles. The topological polar surface area (TPSA) is 136 Å². The fourth-order valence-electron chi connectivity index (χ4n) is 4.49. The van der Waals surface area contributed by atoms with E-state index in [1.807, 2.05) is 51.1 Å². The largest absolute Gasteiger partial charge is 0.493 e. The summed E-state index contributed by atoms with van der Waals surface area (Å²) in [6.45, 7) is 4.96. The normalized spacial score (nSPS) is 11.2. The third-order valence-electron chi connectivity index (χ3n) is 6.71. The first kappa shape index (κ1) is 33.5. The van der Waals surface area contributed by atoms with Crippen LogP contribution in [-0.2, 0) is 19.6 Å². The van der Waals surface area contributed by atoms with Crippen LogP contribution >= 0.6 is 0 Å². The molecule has 4 aromatic carbocycles. The number of carbonyl (C=O) groups excluding carboxylic acids is 2. The predicted octanol–water partition coefficient (Wildman–Crippen LogP) is 4.99. The SMILES string of the molecule is COc1ccc(S(=O)(=O)N(CC(=O)N/N=C\c2ccc(OCC(=O)Nc3ccc(C)cc3)cc2)c2cc(C)cc(C)c2)cc1OC. The molecule has 0 radical (unpaired) electrons. The van der Waals surface area contributed by atoms with Crippen LogP contribution in [0.5, 0.6) is 17.2 Å². The molecule has 12 heteroatoms. The average molecular weight is 645 g/mol. The Morgan fingerprint density at radius 3 is 2.07 bits per heavy atom. The van der Waals surface area contributed by atoms with Crippen molar-refractivity contribution >= 4 is 39.4 Å². The fourth-order valence-corrected chi connectivity index (χ4v) is 5.91. The molecule has 11 nitrogen and oxygen atoms in total. The number of sulfonamides is 1. The molecule has 4 aromatic rings. The number of hydrogen-bond donors (Lipinski definition) is 2. The number of benzene rings is 4. The van der Waals surface area contributed by atoms with E-state index in [1.54, 1.807) is 36.4 Å². The Morgan fingerprint density at radius 2 is 1.43 bits per heavy atom. The van der Waals surface area contributed by atoms with Gasteiger partial charge in [0.25, 0.3) is 21.8 Å². The van der Waals surface area contributed by atoms with Gasteiger partial charge in [-0.25, -0.2) is 13.8 Å². The minimum absolute atomic E-state index is 0.0736. The number of hydrogen-bond acceptors (Lipinski definition) is 8. The van der Waals surface area contributed by atoms with E-state index in [9.17, 15) is 18.0 Å². The molecule has 0 heterocycles. The molecule has 0 spiro atoms. The van der Waals surface area contributed by atoms with Gasteiger partial charge in [0, 0.05) is 11.8 Å². The fraction of sp³-hybridized carbons (Fsp3) is 0.206. The molecule has 4 rings (SSSR count). The first-order valence-corrected chi connectivity index (χ1v) is 15.7. The minimum Gasteiger partial charge on any atom is -0.493 e. The van der Waals surface area contributed by atoms with E-state index in [2.05, 4.69) is 15.8 Å². The van der Waals surface area contributed by atoms with Gasteiger partial charge >= 0.3 is 0 Å². The first-order chi connectivity index (χ1) is 22.0. The van der Waals surface area contributed by atoms with Crippen molar-refractivity contribution in [3.63, 3.8) is 0 Å². The zero-order valence-electron chi connectivity index (χ0n) is 26.2. The number of nitrogens with one attached hydrogen (secondary N) is 2. The summed E-state index contributed by atoms with van der Waals surface area (Å²) in [5.74, 6) is 0.138. The maximum absolute atomic E-state index is 13.9. The predicted molar refractivity (Wildman–Crippen MR) is 177 cm³/mol. The summed E-state index contributed by atoms with van der Waals surface area (Å²) in [5.41, 5.74) is 6.81. The Hall–Kier alpha value is -5.36. The van der Waals surface area contributed by atoms with E-state index in [-0.39, 0.29) is 23.2 Å². The van der Waals surface area contributed by atoms with Crippen molar-refractivity contribution in [3.05, 3.63) is 107 Å². The zero-order valence-corrected chi connectivity index (χ0v) is 27.1. The molecule has 0 fully saturated rings. The van der Waals surface area contributed by atoms with Crippen LogP contribution in [0, 0.1) is 20.8 Å². The van der Waals surface area contributed by atoms with Crippen LogP contribution in [-0.4, -0.2) is 53.8 Å². The van der Waals surface area contributed by atoms with Crippen molar-refractivity contribution in [2.24, 2.45) is 5.10 Å². The van der Waals surface area contributed by atoms with E-state index in [1.165, 1.54) is 38.6 Å². The molecule has 46 heavy (non-hydrogen) atoms. The third-order valence-corrected chi connectivity index (χ3v) is 8.48. The van der Waals surface area contributed by atoms with E-state index in [0.717, 1.165) is 21.0 Å². The molecule has 0 aliphatic heterocycles. The Kier molecular flexibility index (Phi) is 11.0. The second-order valence-corrected chi connectivity index (χ2v) is 12.3. The van der Waals surface area contributed by atoms with Crippen LogP contribution in [0.15, 0.2) is 94.9 Å². The number of hydrazone groups is 1. The Labute approximate surface area is 268 Å². The summed E-state index contributed by atoms with van der Waals surface area (Å²) in [5, 5.41) is 6.77. The molecule has 0 saturated carbocycles. The van der Waals surface area contributed by atoms with E-state index in [4.69, 9.17) is 14.2 Å². The summed E-state index contributed by atoms with van der Waals surface area (Å²) in [7, 11) is -1.35. The highest BCUT2D eigenvalue weighted by molar-refractivity contribution is 7.92. The summed E-state index contributed by atoms with van der Waals surface area (Å²) < 4.78 is 44.8. The minimum atomic E-state index is -4.21. The smallest absolute Gasteiger partial charge is 0.264 e. The van der Waals surface area contributed by atoms with Crippen molar-refractivity contribution in [2.75, 3.05) is 37.0 Å². The molecule has 240 valence electrons. The Morgan fingerprint density at radius 1 is 0.783 bits per heavy atom. The maximum atomic E-state index is 13.9. The molecule has 0 aliphatic rings. The number of nitrogens with zero attached hydrogens (tertiary/aromatic N) is 2. The summed E-state index contributed by atoms with van der Waals surface area (Å²) in [6.07, 6.45) is 1.41. The van der Waals surface area contributed by atoms with Gasteiger partial charge in [-0.15, -0.1) is 0 Å². The lowest BCUT2D eigenvalue weighted by Crippen LogP contribution is -2.39. The standard InChI is InChI=1S/C34H36N4O7S/c1-23-6-10-27(11-7-23)36-34(40)22-45-29-12-8-26(9-13-29)20-35-37-33(39)21-38(28-17-24(2)16-25(3)18-28)46(41,42)30-14-15-31(43-4)32(19-30)44-5/h6-20H,21-22H2,1-5H3,(H,36,40)(H,37,39)/b35-20-. The van der Waals surface area contributed by atoms with Gasteiger partial charge in [0.15, 0.2) is 18.1 Å². The summed E-state index contributed by atoms with van der Waals surface area (Å²) in [6, 6.07) is 23.7. The van der Waals surface area contributed by atoms with Crippen LogP contribution < -0.4 is 29.3 Å². The average Bonchev–Trinajstić information content (AvgIpc) is 3.03. The van der Waals surface area contributed by atoms with E-state index in [0.29, 0.717) is 28.4 Å². The van der Waals surface area contributed by atoms with Gasteiger partial charge in [0.1, 0.15) is 12.3 Å². The van der Waals surface area contributed by atoms with Crippen LogP contribution in [0.25, 0.3) is 0 Å². The number of aryl methyl sites for hydroxylation is 3. The Balaban J connectivity index is 1.41. The second-order valence-electron chi connectivity index (χ2n) is 10.4. The second kappa shape index (κ2) is 15.1. The van der Waals surface area contributed by atoms with Crippen LogP contribution in [0.1, 0.15) is 22.3 Å². The van der Waals surface area contributed by atoms with Crippen LogP contribution in [0.2, 0.25) is 0 Å². The number of methoxy groups -OCH3 is 2. The highest BCUT2D eigenvalue weighted by Gasteiger charge is 2.28. The molecular weight excluding hydrogens is 608 g/mol. The van der Waals surface area contributed by atoms with Gasteiger partial charge in [-0.1, -0.05) is 23.8 Å². The van der Waals surface area contributed by atoms with Gasteiger partial charge in [0.2, 0.25) is 0 Å². The van der Waals surface area contributed by atoms with E-state index >= 15 is 0 Å². The van der Waals surface area contributed by atoms with Gasteiger partial charge in [-0.3, -0.25) is 13.9 Å². The van der Waals surface area contributed by atoms with Gasteiger partial charge in [-0.05, 0) is 98.1 Å². The molecule has 0 bridgehead atoms. The van der Waals surface area contributed by atoms with Crippen molar-refractivity contribution in [1.29, 1.82) is 0 Å². The summed E-state index contributed by atoms with van der Waals surface area (Å²) in [4.78, 5) is 25.1. The van der Waals surface area contributed by atoms with Gasteiger partial charge in [-0.2, -0.15) is 5.10 Å². The highest BCUT2D eigenvalue weighted by atomic mass is 32.2. The maximum Gasteiger partial charge on any atom is 0.264 e. The van der Waals surface area contributed by atoms with Gasteiger partial charge < -0.3 is 19.5 Å². The lowest BCUT2D eigenvalue weighted by Gasteiger charge is -2.25. The molecule has 0 saturated heterocycles. The molecule has 2 N–H and O–H groups in total. The molecule has 0 unspecified atom stereocenters. The quantitative estimate of drug-likeness (QED) is 0.155. The monoisotopic (exact) mass is 644 g/mol. The lowest BCUT2D eigenvalue weighted by molar-refractivity contribution is -0.119. The number of rotatable bonds is 13. The number of ether oxygens (including phenoxy) is 3. The van der Waals surface area contributed by atoms with Crippen molar-refractivity contribution in [3.8, 4) is 17.2 Å².